The molecule has 1 N–H and O–H groups in total. The van der Waals surface area contributed by atoms with E-state index in [4.69, 9.17) is 0 Å². The normalized spacial score (nSPS) is 16.9. The largest absolute Gasteiger partial charge is 0.329 e. The van der Waals surface area contributed by atoms with Crippen LogP contribution in [0.5, 0.6) is 0 Å². The summed E-state index contributed by atoms with van der Waals surface area (Å²) in [6, 6.07) is 0. The van der Waals surface area contributed by atoms with E-state index in [1.807, 2.05) is 13.1 Å². The van der Waals surface area contributed by atoms with E-state index >= 15 is 0 Å². The molecule has 4 heterocycles. The Kier molecular flexibility index (Phi) is 4.22. The minimum Gasteiger partial charge on any atom is -0.314 e. The fourth-order valence-corrected chi connectivity index (χ4v) is 3.93. The molecule has 1 aliphatic heterocycles. The zero-order valence-corrected chi connectivity index (χ0v) is 15.7. The van der Waals surface area contributed by atoms with Crippen molar-refractivity contribution in [1.82, 2.24) is 28.4 Å². The van der Waals surface area contributed by atoms with Crippen molar-refractivity contribution >= 4 is 16.9 Å². The third kappa shape index (κ3) is 2.78. The third-order valence-electron chi connectivity index (χ3n) is 5.65. The molecular formula is C18H26N6O2. The van der Waals surface area contributed by atoms with Crippen molar-refractivity contribution in [3.05, 3.63) is 32.7 Å². The maximum Gasteiger partial charge on any atom is 0.329 e. The molecule has 8 nitrogen and oxygen atoms in total. The Morgan fingerprint density at radius 1 is 1.23 bits per heavy atom. The van der Waals surface area contributed by atoms with Crippen LogP contribution in [0.1, 0.15) is 31.9 Å². The Morgan fingerprint density at radius 3 is 2.69 bits per heavy atom. The third-order valence-corrected chi connectivity index (χ3v) is 5.65. The number of imidazole rings is 2. The van der Waals surface area contributed by atoms with E-state index in [-0.39, 0.29) is 0 Å². The first-order chi connectivity index (χ1) is 12.5. The lowest BCUT2D eigenvalue weighted by molar-refractivity contribution is 0.188. The van der Waals surface area contributed by atoms with Gasteiger partial charge in [-0.25, -0.2) is 4.79 Å². The number of fused-ring (bicyclic) bond motifs is 3. The molecule has 0 atom stereocenters. The van der Waals surface area contributed by atoms with Gasteiger partial charge in [-0.05, 0) is 51.7 Å². The summed E-state index contributed by atoms with van der Waals surface area (Å²) < 4.78 is 5.32. The molecule has 3 aromatic heterocycles. The molecule has 1 saturated heterocycles. The van der Waals surface area contributed by atoms with E-state index in [1.54, 1.807) is 11.4 Å². The fourth-order valence-electron chi connectivity index (χ4n) is 3.93. The van der Waals surface area contributed by atoms with Crippen LogP contribution in [0.25, 0.3) is 16.9 Å². The number of rotatable bonds is 4. The van der Waals surface area contributed by atoms with Gasteiger partial charge in [0.25, 0.3) is 5.56 Å². The zero-order chi connectivity index (χ0) is 18.4. The molecule has 140 valence electrons. The Bertz CT molecular complexity index is 1060. The van der Waals surface area contributed by atoms with Gasteiger partial charge in [-0.1, -0.05) is 6.92 Å². The molecule has 0 aliphatic carbocycles. The number of aryl methyl sites for hydroxylation is 3. The molecule has 0 unspecified atom stereocenters. The highest BCUT2D eigenvalue weighted by Crippen LogP contribution is 2.18. The quantitative estimate of drug-likeness (QED) is 0.758. The highest BCUT2D eigenvalue weighted by Gasteiger charge is 2.18. The first-order valence-corrected chi connectivity index (χ1v) is 9.35. The summed E-state index contributed by atoms with van der Waals surface area (Å²) in [6.07, 6.45) is 5.54. The lowest BCUT2D eigenvalue weighted by atomic mass is 9.99. The molecule has 3 aromatic rings. The van der Waals surface area contributed by atoms with Gasteiger partial charge >= 0.3 is 5.69 Å². The number of aromatic nitrogens is 5. The molecule has 1 aliphatic rings. The first-order valence-electron chi connectivity index (χ1n) is 9.35. The summed E-state index contributed by atoms with van der Waals surface area (Å²) in [6.45, 7) is 8.66. The molecule has 0 aromatic carbocycles. The summed E-state index contributed by atoms with van der Waals surface area (Å²) >= 11 is 0. The summed E-state index contributed by atoms with van der Waals surface area (Å²) in [5.41, 5.74) is 1.08. The number of piperidine rings is 1. The smallest absolute Gasteiger partial charge is 0.314 e. The van der Waals surface area contributed by atoms with E-state index < -0.39 is 11.2 Å². The van der Waals surface area contributed by atoms with Crippen LogP contribution in [0, 0.1) is 12.8 Å². The Balaban J connectivity index is 1.61. The van der Waals surface area contributed by atoms with Crippen LogP contribution in [0.4, 0.5) is 0 Å². The van der Waals surface area contributed by atoms with Crippen molar-refractivity contribution in [2.75, 3.05) is 19.6 Å². The average Bonchev–Trinajstić information content (AvgIpc) is 3.11. The van der Waals surface area contributed by atoms with E-state index in [0.717, 1.165) is 36.9 Å². The summed E-state index contributed by atoms with van der Waals surface area (Å²) in [5.74, 6) is 1.57. The van der Waals surface area contributed by atoms with Gasteiger partial charge < -0.3 is 9.47 Å². The van der Waals surface area contributed by atoms with Gasteiger partial charge in [0.15, 0.2) is 11.2 Å². The Hall–Kier alpha value is -2.35. The molecule has 0 spiro atoms. The molecule has 1 fully saturated rings. The maximum atomic E-state index is 12.2. The Labute approximate surface area is 151 Å². The monoisotopic (exact) mass is 358 g/mol. The van der Waals surface area contributed by atoms with Crippen molar-refractivity contribution in [1.29, 1.82) is 0 Å². The van der Waals surface area contributed by atoms with Gasteiger partial charge in [0.05, 0.1) is 0 Å². The van der Waals surface area contributed by atoms with Crippen LogP contribution in [0.2, 0.25) is 0 Å². The van der Waals surface area contributed by atoms with Gasteiger partial charge in [0.2, 0.25) is 5.78 Å². The van der Waals surface area contributed by atoms with Crippen molar-refractivity contribution in [3.8, 4) is 0 Å². The van der Waals surface area contributed by atoms with E-state index in [2.05, 4.69) is 26.4 Å². The minimum absolute atomic E-state index is 0.393. The highest BCUT2D eigenvalue weighted by atomic mass is 16.2. The van der Waals surface area contributed by atoms with Crippen molar-refractivity contribution in [2.45, 2.75) is 39.7 Å². The number of nitrogens with one attached hydrogen (secondary N) is 1. The summed E-state index contributed by atoms with van der Waals surface area (Å²) in [7, 11) is 1.63. The molecule has 4 rings (SSSR count). The molecule has 0 amide bonds. The van der Waals surface area contributed by atoms with Crippen LogP contribution >= 0.6 is 0 Å². The van der Waals surface area contributed by atoms with Crippen molar-refractivity contribution < 1.29 is 0 Å². The summed E-state index contributed by atoms with van der Waals surface area (Å²) in [4.78, 5) is 33.5. The van der Waals surface area contributed by atoms with Crippen LogP contribution in [0.3, 0.4) is 0 Å². The van der Waals surface area contributed by atoms with E-state index in [0.29, 0.717) is 11.2 Å². The lowest BCUT2D eigenvalue weighted by Gasteiger charge is -2.30. The van der Waals surface area contributed by atoms with Crippen LogP contribution < -0.4 is 11.2 Å². The van der Waals surface area contributed by atoms with Gasteiger partial charge in [0, 0.05) is 25.5 Å². The second kappa shape index (κ2) is 6.42. The van der Waals surface area contributed by atoms with Gasteiger partial charge in [0.1, 0.15) is 0 Å². The highest BCUT2D eigenvalue weighted by molar-refractivity contribution is 5.75. The summed E-state index contributed by atoms with van der Waals surface area (Å²) in [5, 5.41) is 0. The lowest BCUT2D eigenvalue weighted by Crippen LogP contribution is -2.34. The SMILES string of the molecule is Cc1cn2c3c(=O)[nH]c(=O)n(C)c3nc2n1CCCN1CCC(C)CC1. The molecule has 0 saturated carbocycles. The van der Waals surface area contributed by atoms with Crippen LogP contribution in [-0.4, -0.2) is 48.0 Å². The molecule has 26 heavy (non-hydrogen) atoms. The number of likely N-dealkylation sites (tertiary alicyclic amines) is 1. The van der Waals surface area contributed by atoms with Gasteiger partial charge in [-0.2, -0.15) is 4.98 Å². The standard InChI is InChI=1S/C18H26N6O2/c1-12-5-9-22(10-6-12)7-4-8-23-13(2)11-24-14-15(19-17(23)24)21(3)18(26)20-16(14)25/h11-12H,4-10H2,1-3H3,(H,20,25,26). The van der Waals surface area contributed by atoms with E-state index in [1.165, 1.54) is 30.5 Å². The zero-order valence-electron chi connectivity index (χ0n) is 15.7. The number of aromatic amines is 1. The van der Waals surface area contributed by atoms with Crippen LogP contribution in [-0.2, 0) is 13.6 Å². The number of H-pyrrole nitrogens is 1. The topological polar surface area (TPSA) is 80.3 Å². The van der Waals surface area contributed by atoms with Crippen molar-refractivity contribution in [3.63, 3.8) is 0 Å². The van der Waals surface area contributed by atoms with E-state index in [9.17, 15) is 9.59 Å². The van der Waals surface area contributed by atoms with Gasteiger partial charge in [-0.15, -0.1) is 0 Å². The number of nitrogens with zero attached hydrogens (tertiary/aromatic N) is 5. The first kappa shape index (κ1) is 17.1. The average molecular weight is 358 g/mol. The molecule has 8 heteroatoms. The number of hydrogen-bond donors (Lipinski definition) is 1. The van der Waals surface area contributed by atoms with Crippen LogP contribution in [0.15, 0.2) is 15.8 Å². The second-order valence-electron chi connectivity index (χ2n) is 7.57. The predicted molar refractivity (Wildman–Crippen MR) is 101 cm³/mol. The minimum atomic E-state index is -0.439. The molecule has 0 radical (unpaired) electrons. The van der Waals surface area contributed by atoms with Crippen molar-refractivity contribution in [2.24, 2.45) is 13.0 Å². The number of hydrogen-bond acceptors (Lipinski definition) is 4. The molecule has 0 bridgehead atoms. The second-order valence-corrected chi connectivity index (χ2v) is 7.57. The Morgan fingerprint density at radius 2 is 1.96 bits per heavy atom. The maximum absolute atomic E-state index is 12.2. The predicted octanol–water partition coefficient (Wildman–Crippen LogP) is 1.11. The molecular weight excluding hydrogens is 332 g/mol. The van der Waals surface area contributed by atoms with Gasteiger partial charge in [-0.3, -0.25) is 18.7 Å². The fraction of sp³-hybridized carbons (Fsp3) is 0.611.